The van der Waals surface area contributed by atoms with Crippen molar-refractivity contribution in [1.29, 1.82) is 0 Å². The molecular formula is C12H20N4O4S. The molecule has 0 aromatic heterocycles. The third kappa shape index (κ3) is 4.38. The van der Waals surface area contributed by atoms with Gasteiger partial charge in [-0.1, -0.05) is 13.3 Å². The normalized spacial score (nSPS) is 12.2. The molecule has 21 heavy (non-hydrogen) atoms. The zero-order valence-electron chi connectivity index (χ0n) is 12.2. The summed E-state index contributed by atoms with van der Waals surface area (Å²) < 4.78 is 27.4. The van der Waals surface area contributed by atoms with Crippen LogP contribution in [-0.4, -0.2) is 18.9 Å². The first-order chi connectivity index (χ1) is 9.63. The summed E-state index contributed by atoms with van der Waals surface area (Å²) in [6.45, 7) is 5.50. The Kier molecular flexibility index (Phi) is 5.26. The highest BCUT2D eigenvalue weighted by Gasteiger charge is 2.28. The van der Waals surface area contributed by atoms with Crippen LogP contribution in [0.15, 0.2) is 23.1 Å². The SMILES string of the molecule is CCCC(C)(C)NS(=O)(=O)c1ccc([N+](=O)[O-])cc1NN. The maximum Gasteiger partial charge on any atom is 0.271 e. The summed E-state index contributed by atoms with van der Waals surface area (Å²) in [4.78, 5) is 9.97. The second-order valence-corrected chi connectivity index (χ2v) is 6.97. The first-order valence-corrected chi connectivity index (χ1v) is 7.90. The van der Waals surface area contributed by atoms with E-state index in [0.717, 1.165) is 24.6 Å². The van der Waals surface area contributed by atoms with E-state index in [4.69, 9.17) is 5.84 Å². The molecule has 1 rings (SSSR count). The number of nitrogens with two attached hydrogens (primary N) is 1. The van der Waals surface area contributed by atoms with Gasteiger partial charge in [-0.3, -0.25) is 16.0 Å². The number of non-ortho nitro benzene ring substituents is 1. The van der Waals surface area contributed by atoms with Gasteiger partial charge in [-0.25, -0.2) is 13.1 Å². The molecule has 0 unspecified atom stereocenters. The second kappa shape index (κ2) is 6.37. The van der Waals surface area contributed by atoms with Crippen molar-refractivity contribution < 1.29 is 13.3 Å². The number of anilines is 1. The average Bonchev–Trinajstić information content (AvgIpc) is 2.36. The Morgan fingerprint density at radius 3 is 2.48 bits per heavy atom. The Morgan fingerprint density at radius 2 is 2.00 bits per heavy atom. The predicted octanol–water partition coefficient (Wildman–Crippen LogP) is 1.74. The van der Waals surface area contributed by atoms with Gasteiger partial charge < -0.3 is 5.43 Å². The van der Waals surface area contributed by atoms with Crippen LogP contribution in [0.1, 0.15) is 33.6 Å². The van der Waals surface area contributed by atoms with Crippen LogP contribution in [0.2, 0.25) is 0 Å². The van der Waals surface area contributed by atoms with E-state index in [1.165, 1.54) is 0 Å². The third-order valence-corrected chi connectivity index (χ3v) is 4.66. The highest BCUT2D eigenvalue weighted by molar-refractivity contribution is 7.89. The Hall–Kier alpha value is -1.71. The van der Waals surface area contributed by atoms with Crippen molar-refractivity contribution >= 4 is 21.4 Å². The number of sulfonamides is 1. The molecule has 0 aliphatic rings. The predicted molar refractivity (Wildman–Crippen MR) is 80.2 cm³/mol. The van der Waals surface area contributed by atoms with Gasteiger partial charge in [0.2, 0.25) is 10.0 Å². The zero-order valence-corrected chi connectivity index (χ0v) is 13.0. The van der Waals surface area contributed by atoms with E-state index in [1.54, 1.807) is 13.8 Å². The molecule has 1 aromatic rings. The van der Waals surface area contributed by atoms with Crippen molar-refractivity contribution in [2.24, 2.45) is 5.84 Å². The van der Waals surface area contributed by atoms with Crippen LogP contribution < -0.4 is 16.0 Å². The van der Waals surface area contributed by atoms with Gasteiger partial charge in [0.1, 0.15) is 4.90 Å². The van der Waals surface area contributed by atoms with Gasteiger partial charge in [-0.2, -0.15) is 0 Å². The number of hydrogen-bond acceptors (Lipinski definition) is 6. The van der Waals surface area contributed by atoms with Crippen LogP contribution in [0, 0.1) is 10.1 Å². The fourth-order valence-electron chi connectivity index (χ4n) is 2.07. The summed E-state index contributed by atoms with van der Waals surface area (Å²) in [5.41, 5.74) is 1.30. The molecule has 0 fully saturated rings. The smallest absolute Gasteiger partial charge is 0.271 e. The van der Waals surface area contributed by atoms with Crippen LogP contribution in [0.25, 0.3) is 0 Å². The number of benzene rings is 1. The first kappa shape index (κ1) is 17.3. The Labute approximate surface area is 123 Å². The minimum atomic E-state index is -3.84. The quantitative estimate of drug-likeness (QED) is 0.399. The van der Waals surface area contributed by atoms with Crippen molar-refractivity contribution in [3.63, 3.8) is 0 Å². The fourth-order valence-corrected chi connectivity index (χ4v) is 3.67. The average molecular weight is 316 g/mol. The standard InChI is InChI=1S/C12H20N4O4S/c1-4-7-12(2,3)15-21(19,20)11-6-5-9(16(17)18)8-10(11)14-13/h5-6,8,14-15H,4,7,13H2,1-3H3. The van der Waals surface area contributed by atoms with Crippen molar-refractivity contribution in [1.82, 2.24) is 4.72 Å². The summed E-state index contributed by atoms with van der Waals surface area (Å²) in [6, 6.07) is 3.38. The van der Waals surface area contributed by atoms with Gasteiger partial charge in [0, 0.05) is 17.7 Å². The number of nitrogen functional groups attached to an aromatic ring is 1. The minimum Gasteiger partial charge on any atom is -0.323 e. The first-order valence-electron chi connectivity index (χ1n) is 6.42. The molecule has 0 radical (unpaired) electrons. The number of nitrogens with zero attached hydrogens (tertiary/aromatic N) is 1. The molecule has 1 aromatic carbocycles. The van der Waals surface area contributed by atoms with E-state index in [0.29, 0.717) is 6.42 Å². The van der Waals surface area contributed by atoms with E-state index in [9.17, 15) is 18.5 Å². The summed E-state index contributed by atoms with van der Waals surface area (Å²) in [5.74, 6) is 5.27. The van der Waals surface area contributed by atoms with E-state index >= 15 is 0 Å². The van der Waals surface area contributed by atoms with Gasteiger partial charge in [0.25, 0.3) is 5.69 Å². The lowest BCUT2D eigenvalue weighted by Crippen LogP contribution is -2.43. The fraction of sp³-hybridized carbons (Fsp3) is 0.500. The van der Waals surface area contributed by atoms with Crippen LogP contribution in [0.4, 0.5) is 11.4 Å². The zero-order chi connectivity index (χ0) is 16.3. The molecule has 0 bridgehead atoms. The molecule has 0 aliphatic heterocycles. The molecule has 0 heterocycles. The van der Waals surface area contributed by atoms with Crippen LogP contribution >= 0.6 is 0 Å². The van der Waals surface area contributed by atoms with Crippen LogP contribution in [0.5, 0.6) is 0 Å². The third-order valence-electron chi connectivity index (χ3n) is 2.90. The summed E-state index contributed by atoms with van der Waals surface area (Å²) in [6.07, 6.45) is 1.47. The number of hydrazine groups is 1. The van der Waals surface area contributed by atoms with Gasteiger partial charge >= 0.3 is 0 Å². The van der Waals surface area contributed by atoms with Crippen molar-refractivity contribution in [2.45, 2.75) is 44.0 Å². The van der Waals surface area contributed by atoms with Crippen molar-refractivity contribution in [2.75, 3.05) is 5.43 Å². The van der Waals surface area contributed by atoms with Gasteiger partial charge in [-0.05, 0) is 26.3 Å². The molecule has 0 atom stereocenters. The molecule has 118 valence electrons. The van der Waals surface area contributed by atoms with E-state index < -0.39 is 20.5 Å². The molecule has 0 amide bonds. The lowest BCUT2D eigenvalue weighted by Gasteiger charge is -2.25. The largest absolute Gasteiger partial charge is 0.323 e. The maximum absolute atomic E-state index is 12.4. The number of nitrogens with one attached hydrogen (secondary N) is 2. The Morgan fingerprint density at radius 1 is 1.38 bits per heavy atom. The molecule has 9 heteroatoms. The molecule has 4 N–H and O–H groups in total. The van der Waals surface area contributed by atoms with Gasteiger partial charge in [0.05, 0.1) is 10.6 Å². The van der Waals surface area contributed by atoms with Gasteiger partial charge in [0.15, 0.2) is 0 Å². The topological polar surface area (TPSA) is 127 Å². The van der Waals surface area contributed by atoms with E-state index in [1.807, 2.05) is 6.92 Å². The van der Waals surface area contributed by atoms with Gasteiger partial charge in [-0.15, -0.1) is 0 Å². The molecule has 0 spiro atoms. The molecular weight excluding hydrogens is 296 g/mol. The Balaban J connectivity index is 3.22. The minimum absolute atomic E-state index is 0.0241. The summed E-state index contributed by atoms with van der Waals surface area (Å²) in [7, 11) is -3.84. The molecule has 0 aliphatic carbocycles. The molecule has 0 saturated carbocycles. The second-order valence-electron chi connectivity index (χ2n) is 5.32. The monoisotopic (exact) mass is 316 g/mol. The highest BCUT2D eigenvalue weighted by atomic mass is 32.2. The summed E-state index contributed by atoms with van der Waals surface area (Å²) in [5, 5.41) is 10.7. The van der Waals surface area contributed by atoms with E-state index in [2.05, 4.69) is 10.1 Å². The lowest BCUT2D eigenvalue weighted by atomic mass is 10.0. The van der Waals surface area contributed by atoms with Crippen LogP contribution in [0.3, 0.4) is 0 Å². The number of rotatable bonds is 7. The van der Waals surface area contributed by atoms with Crippen molar-refractivity contribution in [3.05, 3.63) is 28.3 Å². The number of nitro groups is 1. The number of nitro benzene ring substituents is 1. The molecule has 8 nitrogen and oxygen atoms in total. The Bertz CT molecular complexity index is 628. The summed E-state index contributed by atoms with van der Waals surface area (Å²) >= 11 is 0. The van der Waals surface area contributed by atoms with Crippen LogP contribution in [-0.2, 0) is 10.0 Å². The maximum atomic E-state index is 12.4. The molecule has 0 saturated heterocycles. The van der Waals surface area contributed by atoms with E-state index in [-0.39, 0.29) is 16.3 Å². The highest BCUT2D eigenvalue weighted by Crippen LogP contribution is 2.27. The van der Waals surface area contributed by atoms with Crippen molar-refractivity contribution in [3.8, 4) is 0 Å². The lowest BCUT2D eigenvalue weighted by molar-refractivity contribution is -0.384. The number of hydrogen-bond donors (Lipinski definition) is 3.